The first kappa shape index (κ1) is 16.6. The fourth-order valence-corrected chi connectivity index (χ4v) is 3.73. The van der Waals surface area contributed by atoms with Gasteiger partial charge < -0.3 is 4.52 Å². The zero-order valence-electron chi connectivity index (χ0n) is 13.0. The van der Waals surface area contributed by atoms with Gasteiger partial charge in [-0.2, -0.15) is 0 Å². The van der Waals surface area contributed by atoms with Gasteiger partial charge in [-0.05, 0) is 24.6 Å². The van der Waals surface area contributed by atoms with Crippen LogP contribution >= 0.6 is 7.82 Å². The largest absolute Gasteiger partial charge is 0.530 e. The summed E-state index contributed by atoms with van der Waals surface area (Å²) < 4.78 is 28.8. The summed E-state index contributed by atoms with van der Waals surface area (Å²) in [5.74, 6) is 0.188. The van der Waals surface area contributed by atoms with Crippen LogP contribution in [0.15, 0.2) is 48.5 Å². The molecule has 0 aromatic heterocycles. The third-order valence-corrected chi connectivity index (χ3v) is 5.05. The van der Waals surface area contributed by atoms with Gasteiger partial charge in [0.2, 0.25) is 0 Å². The van der Waals surface area contributed by atoms with E-state index in [0.29, 0.717) is 6.42 Å². The molecule has 0 unspecified atom stereocenters. The highest BCUT2D eigenvalue weighted by molar-refractivity contribution is 7.49. The summed E-state index contributed by atoms with van der Waals surface area (Å²) >= 11 is 0. The second-order valence-corrected chi connectivity index (χ2v) is 6.96. The highest BCUT2D eigenvalue weighted by Gasteiger charge is 2.37. The van der Waals surface area contributed by atoms with Crippen LogP contribution in [0, 0.1) is 17.0 Å². The van der Waals surface area contributed by atoms with Crippen molar-refractivity contribution in [3.05, 3.63) is 69.8 Å². The molecule has 1 aliphatic heterocycles. The number of nitro benzene ring substituents is 1. The molecule has 2 atom stereocenters. The van der Waals surface area contributed by atoms with Gasteiger partial charge in [0, 0.05) is 18.6 Å². The monoisotopic (exact) mass is 349 g/mol. The van der Waals surface area contributed by atoms with Crippen LogP contribution in [0.4, 0.5) is 5.69 Å². The van der Waals surface area contributed by atoms with Crippen LogP contribution in [0.2, 0.25) is 0 Å². The lowest BCUT2D eigenvalue weighted by Gasteiger charge is -2.29. The molecule has 0 N–H and O–H groups in total. The van der Waals surface area contributed by atoms with Gasteiger partial charge in [-0.3, -0.25) is 19.2 Å². The lowest BCUT2D eigenvalue weighted by atomic mass is 10.1. The first-order valence-corrected chi connectivity index (χ1v) is 8.85. The van der Waals surface area contributed by atoms with Gasteiger partial charge in [-0.25, -0.2) is 4.57 Å². The summed E-state index contributed by atoms with van der Waals surface area (Å²) in [7, 11) is -3.78. The highest BCUT2D eigenvalue weighted by Crippen LogP contribution is 2.56. The Morgan fingerprint density at radius 2 is 1.83 bits per heavy atom. The molecule has 1 fully saturated rings. The van der Waals surface area contributed by atoms with Crippen molar-refractivity contribution < 1.29 is 23.1 Å². The Balaban J connectivity index is 1.73. The summed E-state index contributed by atoms with van der Waals surface area (Å²) in [5.41, 5.74) is 1.94. The highest BCUT2D eigenvalue weighted by atomic mass is 31.2. The van der Waals surface area contributed by atoms with E-state index in [2.05, 4.69) is 0 Å². The van der Waals surface area contributed by atoms with Gasteiger partial charge in [0.25, 0.3) is 5.69 Å². The molecule has 2 aromatic rings. The number of nitrogens with zero attached hydrogens (tertiary/aromatic N) is 1. The Morgan fingerprint density at radius 1 is 1.17 bits per heavy atom. The van der Waals surface area contributed by atoms with Crippen molar-refractivity contribution in [3.8, 4) is 5.75 Å². The Labute approximate surface area is 138 Å². The summed E-state index contributed by atoms with van der Waals surface area (Å²) in [5, 5.41) is 10.6. The van der Waals surface area contributed by atoms with E-state index in [0.717, 1.165) is 11.1 Å². The van der Waals surface area contributed by atoms with Crippen molar-refractivity contribution >= 4 is 13.5 Å². The average Bonchev–Trinajstić information content (AvgIpc) is 2.55. The van der Waals surface area contributed by atoms with Crippen LogP contribution in [0.3, 0.4) is 0 Å². The van der Waals surface area contributed by atoms with E-state index >= 15 is 0 Å². The van der Waals surface area contributed by atoms with Crippen molar-refractivity contribution in [2.75, 3.05) is 6.61 Å². The number of phosphoric acid groups is 1. The van der Waals surface area contributed by atoms with Crippen LogP contribution in [0.1, 0.15) is 23.7 Å². The third kappa shape index (κ3) is 3.82. The number of benzene rings is 2. The molecule has 0 spiro atoms. The predicted molar refractivity (Wildman–Crippen MR) is 86.9 cm³/mol. The molecule has 8 heteroatoms. The molecule has 0 radical (unpaired) electrons. The van der Waals surface area contributed by atoms with Crippen LogP contribution in [-0.4, -0.2) is 11.5 Å². The standard InChI is InChI=1S/C16H16NO6P/c1-12-2-4-13(5-3-12)16-10-11-21-24(20,23-16)22-15-8-6-14(7-9-15)17(18)19/h2-9,16H,10-11H2,1H3/t16-,24-/m0/s1. The summed E-state index contributed by atoms with van der Waals surface area (Å²) in [6, 6.07) is 13.0. The molecule has 126 valence electrons. The van der Waals surface area contributed by atoms with Crippen LogP contribution in [-0.2, 0) is 13.6 Å². The fourth-order valence-electron chi connectivity index (χ4n) is 2.32. The van der Waals surface area contributed by atoms with Gasteiger partial charge in [-0.15, -0.1) is 0 Å². The topological polar surface area (TPSA) is 87.9 Å². The van der Waals surface area contributed by atoms with E-state index < -0.39 is 12.7 Å². The summed E-state index contributed by atoms with van der Waals surface area (Å²) in [6.45, 7) is 2.22. The maximum atomic E-state index is 12.7. The van der Waals surface area contributed by atoms with Crippen molar-refractivity contribution in [2.45, 2.75) is 19.4 Å². The molecule has 24 heavy (non-hydrogen) atoms. The minimum atomic E-state index is -3.78. The zero-order valence-corrected chi connectivity index (χ0v) is 13.8. The third-order valence-electron chi connectivity index (χ3n) is 3.60. The molecule has 2 aromatic carbocycles. The van der Waals surface area contributed by atoms with Crippen LogP contribution in [0.25, 0.3) is 0 Å². The Bertz CT molecular complexity index is 774. The van der Waals surface area contributed by atoms with Crippen LogP contribution in [0.5, 0.6) is 5.75 Å². The van der Waals surface area contributed by atoms with Crippen molar-refractivity contribution in [3.63, 3.8) is 0 Å². The Kier molecular flexibility index (Phi) is 4.66. The second-order valence-electron chi connectivity index (χ2n) is 5.42. The molecule has 0 bridgehead atoms. The van der Waals surface area contributed by atoms with Crippen molar-refractivity contribution in [2.24, 2.45) is 0 Å². The molecule has 1 saturated heterocycles. The first-order valence-electron chi connectivity index (χ1n) is 7.39. The van der Waals surface area contributed by atoms with E-state index in [1.54, 1.807) is 0 Å². The predicted octanol–water partition coefficient (Wildman–Crippen LogP) is 4.57. The molecule has 1 aliphatic rings. The van der Waals surface area contributed by atoms with Gasteiger partial charge >= 0.3 is 7.82 Å². The van der Waals surface area contributed by atoms with Gasteiger partial charge in [0.05, 0.1) is 17.6 Å². The number of nitro groups is 1. The minimum absolute atomic E-state index is 0.0800. The number of non-ortho nitro benzene ring substituents is 1. The maximum Gasteiger partial charge on any atom is 0.530 e. The molecule has 0 amide bonds. The van der Waals surface area contributed by atoms with Gasteiger partial charge in [0.15, 0.2) is 0 Å². The van der Waals surface area contributed by atoms with E-state index in [1.165, 1.54) is 24.3 Å². The molecule has 7 nitrogen and oxygen atoms in total. The Morgan fingerprint density at radius 3 is 2.46 bits per heavy atom. The minimum Gasteiger partial charge on any atom is -0.404 e. The first-order chi connectivity index (χ1) is 11.5. The van der Waals surface area contributed by atoms with Crippen molar-refractivity contribution in [1.82, 2.24) is 0 Å². The van der Waals surface area contributed by atoms with Crippen LogP contribution < -0.4 is 4.52 Å². The smallest absolute Gasteiger partial charge is 0.404 e. The lowest BCUT2D eigenvalue weighted by Crippen LogP contribution is -2.16. The molecular weight excluding hydrogens is 333 g/mol. The second kappa shape index (κ2) is 6.73. The van der Waals surface area contributed by atoms with Crippen molar-refractivity contribution in [1.29, 1.82) is 0 Å². The fraction of sp³-hybridized carbons (Fsp3) is 0.250. The van der Waals surface area contributed by atoms with E-state index in [9.17, 15) is 14.7 Å². The van der Waals surface area contributed by atoms with E-state index in [1.807, 2.05) is 31.2 Å². The SMILES string of the molecule is Cc1ccc([C@@H]2CCO[P@@](=O)(Oc3ccc([N+](=O)[O-])cc3)O2)cc1. The normalized spacial score (nSPS) is 23.6. The Hall–Kier alpha value is -2.21. The van der Waals surface area contributed by atoms with E-state index in [-0.39, 0.29) is 24.1 Å². The quantitative estimate of drug-likeness (QED) is 0.456. The molecule has 3 rings (SSSR count). The number of phosphoric ester groups is 1. The van der Waals surface area contributed by atoms with E-state index in [4.69, 9.17) is 13.6 Å². The van der Waals surface area contributed by atoms with Gasteiger partial charge in [0.1, 0.15) is 5.75 Å². The zero-order chi connectivity index (χ0) is 17.2. The molecule has 1 heterocycles. The molecule has 0 aliphatic carbocycles. The average molecular weight is 349 g/mol. The lowest BCUT2D eigenvalue weighted by molar-refractivity contribution is -0.384. The maximum absolute atomic E-state index is 12.7. The summed E-state index contributed by atoms with van der Waals surface area (Å²) in [6.07, 6.45) is 0.180. The molecular formula is C16H16NO6P. The number of hydrogen-bond acceptors (Lipinski definition) is 6. The number of aryl methyl sites for hydroxylation is 1. The summed E-state index contributed by atoms with van der Waals surface area (Å²) in [4.78, 5) is 10.1. The molecule has 0 saturated carbocycles. The number of rotatable bonds is 4. The van der Waals surface area contributed by atoms with Gasteiger partial charge in [-0.1, -0.05) is 29.8 Å². The number of hydrogen-bond donors (Lipinski definition) is 0.